The number of piperazine rings is 1. The van der Waals surface area contributed by atoms with Gasteiger partial charge >= 0.3 is 0 Å². The Morgan fingerprint density at radius 1 is 1.33 bits per heavy atom. The number of hydrogen-bond acceptors (Lipinski definition) is 3. The molecule has 114 valence electrons. The molecular weight excluding hydrogens is 262 g/mol. The smallest absolute Gasteiger partial charge is 0.238 e. The van der Waals surface area contributed by atoms with Crippen molar-refractivity contribution < 1.29 is 4.79 Å². The van der Waals surface area contributed by atoms with Crippen LogP contribution in [0, 0.1) is 13.8 Å². The van der Waals surface area contributed by atoms with Crippen LogP contribution < -0.4 is 10.6 Å². The average Bonchev–Trinajstić information content (AvgIpc) is 3.27. The molecule has 1 aromatic rings. The number of aryl methyl sites for hydroxylation is 2. The molecule has 0 radical (unpaired) electrons. The third-order valence-electron chi connectivity index (χ3n) is 4.48. The topological polar surface area (TPSA) is 44.4 Å². The predicted octanol–water partition coefficient (Wildman–Crippen LogP) is 1.36. The fourth-order valence-electron chi connectivity index (χ4n) is 2.82. The van der Waals surface area contributed by atoms with Crippen LogP contribution >= 0.6 is 0 Å². The standard InChI is InChI=1S/C17H25N3O/c1-12-3-4-14(9-13(12)2)10-20-8-7-18-16(11-20)17(21)19-15-5-6-15/h3-4,9,15-16,18H,5-8,10-11H2,1-2H3,(H,19,21)/t16-/m1/s1. The zero-order valence-electron chi connectivity index (χ0n) is 13.0. The van der Waals surface area contributed by atoms with E-state index in [-0.39, 0.29) is 11.9 Å². The normalized spacial score (nSPS) is 23.0. The van der Waals surface area contributed by atoms with E-state index in [9.17, 15) is 4.79 Å². The van der Waals surface area contributed by atoms with Gasteiger partial charge in [0.15, 0.2) is 0 Å². The molecule has 0 unspecified atom stereocenters. The molecule has 0 spiro atoms. The van der Waals surface area contributed by atoms with Gasteiger partial charge in [-0.05, 0) is 43.4 Å². The maximum atomic E-state index is 12.1. The lowest BCUT2D eigenvalue weighted by Crippen LogP contribution is -2.57. The summed E-state index contributed by atoms with van der Waals surface area (Å²) in [5.41, 5.74) is 4.01. The van der Waals surface area contributed by atoms with Crippen molar-refractivity contribution in [1.29, 1.82) is 0 Å². The summed E-state index contributed by atoms with van der Waals surface area (Å²) >= 11 is 0. The molecule has 2 aliphatic rings. The Hall–Kier alpha value is -1.39. The minimum Gasteiger partial charge on any atom is -0.352 e. The number of nitrogens with one attached hydrogen (secondary N) is 2. The molecule has 1 saturated carbocycles. The number of carbonyl (C=O) groups is 1. The molecule has 3 rings (SSSR count). The number of benzene rings is 1. The largest absolute Gasteiger partial charge is 0.352 e. The highest BCUT2D eigenvalue weighted by molar-refractivity contribution is 5.82. The van der Waals surface area contributed by atoms with Gasteiger partial charge in [-0.25, -0.2) is 0 Å². The molecule has 1 aliphatic carbocycles. The second-order valence-electron chi connectivity index (χ2n) is 6.44. The first kappa shape index (κ1) is 14.5. The van der Waals surface area contributed by atoms with E-state index in [2.05, 4.69) is 47.6 Å². The lowest BCUT2D eigenvalue weighted by Gasteiger charge is -2.33. The van der Waals surface area contributed by atoms with Crippen LogP contribution in [-0.4, -0.2) is 42.5 Å². The third-order valence-corrected chi connectivity index (χ3v) is 4.48. The van der Waals surface area contributed by atoms with E-state index >= 15 is 0 Å². The van der Waals surface area contributed by atoms with Crippen LogP contribution in [0.2, 0.25) is 0 Å². The summed E-state index contributed by atoms with van der Waals surface area (Å²) in [5, 5.41) is 6.43. The van der Waals surface area contributed by atoms with Crippen LogP contribution in [0.25, 0.3) is 0 Å². The molecule has 4 nitrogen and oxygen atoms in total. The van der Waals surface area contributed by atoms with Crippen LogP contribution in [0.5, 0.6) is 0 Å². The van der Waals surface area contributed by atoms with E-state index in [1.807, 2.05) is 0 Å². The van der Waals surface area contributed by atoms with Crippen molar-refractivity contribution in [3.63, 3.8) is 0 Å². The first-order valence-corrected chi connectivity index (χ1v) is 7.94. The van der Waals surface area contributed by atoms with Gasteiger partial charge in [-0.1, -0.05) is 18.2 Å². The summed E-state index contributed by atoms with van der Waals surface area (Å²) in [7, 11) is 0. The molecule has 1 aliphatic heterocycles. The first-order valence-electron chi connectivity index (χ1n) is 7.94. The van der Waals surface area contributed by atoms with Crippen molar-refractivity contribution in [2.24, 2.45) is 0 Å². The fourth-order valence-corrected chi connectivity index (χ4v) is 2.82. The highest BCUT2D eigenvalue weighted by atomic mass is 16.2. The van der Waals surface area contributed by atoms with Crippen molar-refractivity contribution in [3.05, 3.63) is 34.9 Å². The lowest BCUT2D eigenvalue weighted by atomic mass is 10.1. The van der Waals surface area contributed by atoms with E-state index in [0.29, 0.717) is 6.04 Å². The van der Waals surface area contributed by atoms with Crippen molar-refractivity contribution in [1.82, 2.24) is 15.5 Å². The maximum Gasteiger partial charge on any atom is 0.238 e. The number of carbonyl (C=O) groups excluding carboxylic acids is 1. The van der Waals surface area contributed by atoms with Gasteiger partial charge in [-0.2, -0.15) is 0 Å². The second-order valence-corrected chi connectivity index (χ2v) is 6.44. The van der Waals surface area contributed by atoms with E-state index in [1.54, 1.807) is 0 Å². The van der Waals surface area contributed by atoms with Crippen molar-refractivity contribution in [3.8, 4) is 0 Å². The van der Waals surface area contributed by atoms with Gasteiger partial charge in [0.05, 0.1) is 6.04 Å². The third kappa shape index (κ3) is 3.83. The monoisotopic (exact) mass is 287 g/mol. The zero-order valence-corrected chi connectivity index (χ0v) is 13.0. The summed E-state index contributed by atoms with van der Waals surface area (Å²) in [6.07, 6.45) is 2.29. The Kier molecular flexibility index (Phi) is 4.27. The average molecular weight is 287 g/mol. The Labute approximate surface area is 126 Å². The van der Waals surface area contributed by atoms with Crippen molar-refractivity contribution in [2.75, 3.05) is 19.6 Å². The maximum absolute atomic E-state index is 12.1. The van der Waals surface area contributed by atoms with Gasteiger partial charge in [-0.15, -0.1) is 0 Å². The van der Waals surface area contributed by atoms with E-state index in [1.165, 1.54) is 16.7 Å². The minimum atomic E-state index is -0.0640. The molecule has 21 heavy (non-hydrogen) atoms. The Morgan fingerprint density at radius 2 is 2.14 bits per heavy atom. The predicted molar refractivity (Wildman–Crippen MR) is 84.1 cm³/mol. The summed E-state index contributed by atoms with van der Waals surface area (Å²) < 4.78 is 0. The molecule has 0 bridgehead atoms. The van der Waals surface area contributed by atoms with Crippen molar-refractivity contribution >= 4 is 5.91 Å². The SMILES string of the molecule is Cc1ccc(CN2CCN[C@@H](C(=O)NC3CC3)C2)cc1C. The minimum absolute atomic E-state index is 0.0640. The molecule has 2 fully saturated rings. The molecule has 1 atom stereocenters. The fraction of sp³-hybridized carbons (Fsp3) is 0.588. The molecule has 4 heteroatoms. The second kappa shape index (κ2) is 6.16. The Balaban J connectivity index is 1.57. The Morgan fingerprint density at radius 3 is 2.86 bits per heavy atom. The number of amides is 1. The van der Waals surface area contributed by atoms with Crippen molar-refractivity contribution in [2.45, 2.75) is 45.3 Å². The van der Waals surface area contributed by atoms with Gasteiger partial charge in [0.25, 0.3) is 0 Å². The quantitative estimate of drug-likeness (QED) is 0.879. The van der Waals surface area contributed by atoms with Crippen LogP contribution in [-0.2, 0) is 11.3 Å². The number of nitrogens with zero attached hydrogens (tertiary/aromatic N) is 1. The first-order chi connectivity index (χ1) is 10.1. The van der Waals surface area contributed by atoms with E-state index in [0.717, 1.165) is 39.0 Å². The lowest BCUT2D eigenvalue weighted by molar-refractivity contribution is -0.124. The summed E-state index contributed by atoms with van der Waals surface area (Å²) in [6, 6.07) is 7.02. The number of hydrogen-bond donors (Lipinski definition) is 2. The molecule has 1 aromatic carbocycles. The van der Waals surface area contributed by atoms with Gasteiger partial charge in [0.2, 0.25) is 5.91 Å². The molecule has 1 heterocycles. The summed E-state index contributed by atoms with van der Waals surface area (Å²) in [4.78, 5) is 14.5. The highest BCUT2D eigenvalue weighted by Crippen LogP contribution is 2.19. The van der Waals surface area contributed by atoms with Gasteiger partial charge in [0, 0.05) is 32.2 Å². The number of rotatable bonds is 4. The zero-order chi connectivity index (χ0) is 14.8. The van der Waals surface area contributed by atoms with Crippen LogP contribution in [0.15, 0.2) is 18.2 Å². The van der Waals surface area contributed by atoms with Gasteiger partial charge in [0.1, 0.15) is 0 Å². The molecule has 1 saturated heterocycles. The van der Waals surface area contributed by atoms with Gasteiger partial charge in [-0.3, -0.25) is 9.69 Å². The van der Waals surface area contributed by atoms with Crippen LogP contribution in [0.3, 0.4) is 0 Å². The van der Waals surface area contributed by atoms with Crippen LogP contribution in [0.4, 0.5) is 0 Å². The summed E-state index contributed by atoms with van der Waals surface area (Å²) in [6.45, 7) is 7.90. The van der Waals surface area contributed by atoms with E-state index < -0.39 is 0 Å². The van der Waals surface area contributed by atoms with E-state index in [4.69, 9.17) is 0 Å². The van der Waals surface area contributed by atoms with Crippen LogP contribution in [0.1, 0.15) is 29.5 Å². The highest BCUT2D eigenvalue weighted by Gasteiger charge is 2.30. The Bertz CT molecular complexity index is 525. The molecular formula is C17H25N3O. The van der Waals surface area contributed by atoms with Gasteiger partial charge < -0.3 is 10.6 Å². The summed E-state index contributed by atoms with van der Waals surface area (Å²) in [5.74, 6) is 0.169. The molecule has 0 aromatic heterocycles. The molecule has 1 amide bonds. The molecule has 2 N–H and O–H groups in total.